The van der Waals surface area contributed by atoms with Gasteiger partial charge in [0.1, 0.15) is 13.2 Å². The highest BCUT2D eigenvalue weighted by atomic mass is 16.6. The van der Waals surface area contributed by atoms with E-state index in [0.717, 1.165) is 31.9 Å². The van der Waals surface area contributed by atoms with Crippen LogP contribution < -0.4 is 25.0 Å². The van der Waals surface area contributed by atoms with Gasteiger partial charge in [0.15, 0.2) is 11.5 Å². The third-order valence-corrected chi connectivity index (χ3v) is 4.79. The molecular weight excluding hydrogens is 344 g/mol. The standard InChI is InChI=1S/C20H24N4O3/c1-23-8-10-24(11-9-23)17-5-2-15(3-6-17)21-20(25)22-16-4-7-18-19(14-16)27-13-12-26-18/h2-7,14H,8-13H2,1H3,(H2,21,22,25). The maximum Gasteiger partial charge on any atom is 0.323 e. The molecule has 2 aromatic carbocycles. The number of ether oxygens (including phenoxy) is 2. The lowest BCUT2D eigenvalue weighted by molar-refractivity contribution is 0.171. The van der Waals surface area contributed by atoms with Crippen LogP contribution in [0.1, 0.15) is 0 Å². The Labute approximate surface area is 158 Å². The number of anilines is 3. The average molecular weight is 368 g/mol. The van der Waals surface area contributed by atoms with Crippen molar-refractivity contribution in [1.29, 1.82) is 0 Å². The van der Waals surface area contributed by atoms with Crippen LogP contribution in [0.15, 0.2) is 42.5 Å². The number of piperazine rings is 1. The number of fused-ring (bicyclic) bond motifs is 1. The van der Waals surface area contributed by atoms with E-state index in [0.29, 0.717) is 30.4 Å². The number of carbonyl (C=O) groups excluding carboxylic acids is 1. The normalized spacial score (nSPS) is 16.7. The highest BCUT2D eigenvalue weighted by Crippen LogP contribution is 2.32. The molecular formula is C20H24N4O3. The van der Waals surface area contributed by atoms with Gasteiger partial charge in [0.25, 0.3) is 0 Å². The second-order valence-electron chi connectivity index (χ2n) is 6.77. The van der Waals surface area contributed by atoms with Crippen molar-refractivity contribution in [2.24, 2.45) is 0 Å². The van der Waals surface area contributed by atoms with Gasteiger partial charge in [-0.1, -0.05) is 0 Å². The second kappa shape index (κ2) is 7.75. The number of urea groups is 1. The minimum atomic E-state index is -0.293. The number of nitrogens with zero attached hydrogens (tertiary/aromatic N) is 2. The zero-order chi connectivity index (χ0) is 18.6. The fourth-order valence-electron chi connectivity index (χ4n) is 3.23. The van der Waals surface area contributed by atoms with E-state index in [2.05, 4.69) is 27.5 Å². The molecule has 7 nitrogen and oxygen atoms in total. The van der Waals surface area contributed by atoms with E-state index in [1.807, 2.05) is 24.3 Å². The molecule has 2 heterocycles. The van der Waals surface area contributed by atoms with Crippen LogP contribution in [-0.2, 0) is 0 Å². The van der Waals surface area contributed by atoms with Crippen molar-refractivity contribution >= 4 is 23.1 Å². The van der Waals surface area contributed by atoms with Gasteiger partial charge in [-0.25, -0.2) is 4.79 Å². The summed E-state index contributed by atoms with van der Waals surface area (Å²) in [6.07, 6.45) is 0. The molecule has 2 aliphatic heterocycles. The Kier molecular flexibility index (Phi) is 5.02. The number of carbonyl (C=O) groups is 1. The number of benzene rings is 2. The lowest BCUT2D eigenvalue weighted by atomic mass is 10.2. The highest BCUT2D eigenvalue weighted by molar-refractivity contribution is 6.00. The Balaban J connectivity index is 1.34. The third kappa shape index (κ3) is 4.25. The highest BCUT2D eigenvalue weighted by Gasteiger charge is 2.15. The summed E-state index contributed by atoms with van der Waals surface area (Å²) < 4.78 is 11.0. The molecule has 0 aliphatic carbocycles. The Morgan fingerprint density at radius 2 is 1.48 bits per heavy atom. The van der Waals surface area contributed by atoms with E-state index in [4.69, 9.17) is 9.47 Å². The molecule has 2 amide bonds. The van der Waals surface area contributed by atoms with Gasteiger partial charge in [0.2, 0.25) is 0 Å². The summed E-state index contributed by atoms with van der Waals surface area (Å²) in [6.45, 7) is 5.24. The molecule has 2 aromatic rings. The van der Waals surface area contributed by atoms with Gasteiger partial charge in [-0.3, -0.25) is 0 Å². The van der Waals surface area contributed by atoms with Gasteiger partial charge in [-0.2, -0.15) is 0 Å². The average Bonchev–Trinajstić information content (AvgIpc) is 2.69. The molecule has 142 valence electrons. The molecule has 0 bridgehead atoms. The number of rotatable bonds is 3. The maximum absolute atomic E-state index is 12.3. The van der Waals surface area contributed by atoms with Crippen LogP contribution in [0.3, 0.4) is 0 Å². The molecule has 27 heavy (non-hydrogen) atoms. The molecule has 0 atom stereocenters. The fourth-order valence-corrected chi connectivity index (χ4v) is 3.23. The summed E-state index contributed by atoms with van der Waals surface area (Å²) in [5.41, 5.74) is 2.59. The summed E-state index contributed by atoms with van der Waals surface area (Å²) in [6, 6.07) is 13.0. The van der Waals surface area contributed by atoms with Gasteiger partial charge in [0.05, 0.1) is 0 Å². The zero-order valence-electron chi connectivity index (χ0n) is 15.4. The molecule has 0 saturated carbocycles. The fraction of sp³-hybridized carbons (Fsp3) is 0.350. The molecule has 4 rings (SSSR count). The third-order valence-electron chi connectivity index (χ3n) is 4.79. The van der Waals surface area contributed by atoms with E-state index in [-0.39, 0.29) is 6.03 Å². The molecule has 2 N–H and O–H groups in total. The Bertz CT molecular complexity index is 801. The van der Waals surface area contributed by atoms with Crippen molar-refractivity contribution in [2.45, 2.75) is 0 Å². The molecule has 0 aromatic heterocycles. The summed E-state index contributed by atoms with van der Waals surface area (Å²) in [7, 11) is 2.14. The van der Waals surface area contributed by atoms with Gasteiger partial charge in [-0.15, -0.1) is 0 Å². The summed E-state index contributed by atoms with van der Waals surface area (Å²) in [5, 5.41) is 5.68. The number of hydrogen-bond donors (Lipinski definition) is 2. The maximum atomic E-state index is 12.3. The van der Waals surface area contributed by atoms with Crippen molar-refractivity contribution < 1.29 is 14.3 Å². The van der Waals surface area contributed by atoms with Gasteiger partial charge in [-0.05, 0) is 43.4 Å². The van der Waals surface area contributed by atoms with Gasteiger partial charge in [0, 0.05) is 49.3 Å². The SMILES string of the molecule is CN1CCN(c2ccc(NC(=O)Nc3ccc4c(c3)OCCO4)cc2)CC1. The first-order valence-corrected chi connectivity index (χ1v) is 9.18. The van der Waals surface area contributed by atoms with Crippen LogP contribution in [0.25, 0.3) is 0 Å². The Morgan fingerprint density at radius 3 is 2.22 bits per heavy atom. The summed E-state index contributed by atoms with van der Waals surface area (Å²) in [4.78, 5) is 17.0. The van der Waals surface area contributed by atoms with E-state index in [9.17, 15) is 4.79 Å². The van der Waals surface area contributed by atoms with Crippen LogP contribution in [0.4, 0.5) is 21.9 Å². The number of amides is 2. The predicted octanol–water partition coefficient (Wildman–Crippen LogP) is 2.85. The Hall–Kier alpha value is -2.93. The van der Waals surface area contributed by atoms with Crippen LogP contribution >= 0.6 is 0 Å². The van der Waals surface area contributed by atoms with Crippen molar-refractivity contribution in [2.75, 3.05) is 62.0 Å². The molecule has 2 aliphatic rings. The number of likely N-dealkylation sites (N-methyl/N-ethyl adjacent to an activating group) is 1. The van der Waals surface area contributed by atoms with Crippen molar-refractivity contribution in [3.63, 3.8) is 0 Å². The lowest BCUT2D eigenvalue weighted by Gasteiger charge is -2.34. The first-order chi connectivity index (χ1) is 13.2. The quantitative estimate of drug-likeness (QED) is 0.872. The largest absolute Gasteiger partial charge is 0.486 e. The zero-order valence-corrected chi connectivity index (χ0v) is 15.4. The van der Waals surface area contributed by atoms with Crippen molar-refractivity contribution in [1.82, 2.24) is 4.90 Å². The van der Waals surface area contributed by atoms with Crippen LogP contribution in [-0.4, -0.2) is 57.4 Å². The Morgan fingerprint density at radius 1 is 0.852 bits per heavy atom. The molecule has 0 unspecified atom stereocenters. The smallest absolute Gasteiger partial charge is 0.323 e. The number of nitrogens with one attached hydrogen (secondary N) is 2. The molecule has 0 spiro atoms. The van der Waals surface area contributed by atoms with Crippen LogP contribution in [0.2, 0.25) is 0 Å². The molecule has 1 fully saturated rings. The van der Waals surface area contributed by atoms with Crippen molar-refractivity contribution in [3.8, 4) is 11.5 Å². The first kappa shape index (κ1) is 17.5. The molecule has 7 heteroatoms. The lowest BCUT2D eigenvalue weighted by Crippen LogP contribution is -2.44. The van der Waals surface area contributed by atoms with E-state index >= 15 is 0 Å². The topological polar surface area (TPSA) is 66.1 Å². The molecule has 1 saturated heterocycles. The van der Waals surface area contributed by atoms with Gasteiger partial charge >= 0.3 is 6.03 Å². The number of hydrogen-bond acceptors (Lipinski definition) is 5. The van der Waals surface area contributed by atoms with E-state index < -0.39 is 0 Å². The van der Waals surface area contributed by atoms with E-state index in [1.165, 1.54) is 5.69 Å². The van der Waals surface area contributed by atoms with Crippen LogP contribution in [0.5, 0.6) is 11.5 Å². The minimum Gasteiger partial charge on any atom is -0.486 e. The second-order valence-corrected chi connectivity index (χ2v) is 6.77. The molecule has 0 radical (unpaired) electrons. The minimum absolute atomic E-state index is 0.293. The summed E-state index contributed by atoms with van der Waals surface area (Å²) in [5.74, 6) is 1.35. The van der Waals surface area contributed by atoms with E-state index in [1.54, 1.807) is 18.2 Å². The van der Waals surface area contributed by atoms with Crippen LogP contribution in [0, 0.1) is 0 Å². The first-order valence-electron chi connectivity index (χ1n) is 9.18. The predicted molar refractivity (Wildman–Crippen MR) is 106 cm³/mol. The monoisotopic (exact) mass is 368 g/mol. The summed E-state index contributed by atoms with van der Waals surface area (Å²) >= 11 is 0. The van der Waals surface area contributed by atoms with Gasteiger partial charge < -0.3 is 29.9 Å². The van der Waals surface area contributed by atoms with Crippen molar-refractivity contribution in [3.05, 3.63) is 42.5 Å².